The first-order valence-electron chi connectivity index (χ1n) is 6.03. The van der Waals surface area contributed by atoms with Crippen LogP contribution in [0.4, 0.5) is 0 Å². The SMILES string of the molecule is C=CCCCC=CC=CCC#CC#CC(O)C=C. The zero-order valence-corrected chi connectivity index (χ0v) is 10.7. The second-order valence-electron chi connectivity index (χ2n) is 3.53. The quantitative estimate of drug-likeness (QED) is 0.313. The largest absolute Gasteiger partial charge is 0.377 e. The number of hydrogen-bond donors (Lipinski definition) is 1. The maximum atomic E-state index is 9.03. The van der Waals surface area contributed by atoms with Crippen LogP contribution in [-0.4, -0.2) is 11.2 Å². The third kappa shape index (κ3) is 12.1. The van der Waals surface area contributed by atoms with E-state index in [2.05, 4.69) is 42.9 Å². The Morgan fingerprint density at radius 2 is 1.83 bits per heavy atom. The van der Waals surface area contributed by atoms with Crippen LogP contribution in [0.15, 0.2) is 49.6 Å². The zero-order valence-electron chi connectivity index (χ0n) is 10.7. The molecule has 0 bridgehead atoms. The topological polar surface area (TPSA) is 20.2 Å². The lowest BCUT2D eigenvalue weighted by Gasteiger charge is -1.86. The van der Waals surface area contributed by atoms with Crippen LogP contribution in [-0.2, 0) is 0 Å². The lowest BCUT2D eigenvalue weighted by atomic mass is 10.2. The van der Waals surface area contributed by atoms with Gasteiger partial charge in [-0.25, -0.2) is 0 Å². The molecular weight excluding hydrogens is 220 g/mol. The molecule has 0 saturated carbocycles. The lowest BCUT2D eigenvalue weighted by Crippen LogP contribution is -1.94. The number of aliphatic hydroxyl groups excluding tert-OH is 1. The highest BCUT2D eigenvalue weighted by Crippen LogP contribution is 1.96. The van der Waals surface area contributed by atoms with Crippen molar-refractivity contribution in [3.05, 3.63) is 49.6 Å². The molecule has 94 valence electrons. The van der Waals surface area contributed by atoms with E-state index in [1.807, 2.05) is 24.3 Å². The van der Waals surface area contributed by atoms with Gasteiger partial charge in [-0.05, 0) is 31.1 Å². The van der Waals surface area contributed by atoms with Crippen molar-refractivity contribution < 1.29 is 5.11 Å². The van der Waals surface area contributed by atoms with E-state index in [0.29, 0.717) is 6.42 Å². The Morgan fingerprint density at radius 1 is 1.06 bits per heavy atom. The maximum Gasteiger partial charge on any atom is 0.134 e. The predicted octanol–water partition coefficient (Wildman–Crippen LogP) is 3.40. The van der Waals surface area contributed by atoms with E-state index in [0.717, 1.165) is 19.3 Å². The molecule has 0 fully saturated rings. The van der Waals surface area contributed by atoms with Crippen molar-refractivity contribution in [1.29, 1.82) is 0 Å². The summed E-state index contributed by atoms with van der Waals surface area (Å²) in [4.78, 5) is 0. The van der Waals surface area contributed by atoms with Gasteiger partial charge in [0.05, 0.1) is 0 Å². The minimum atomic E-state index is -0.784. The first-order chi connectivity index (χ1) is 8.81. The van der Waals surface area contributed by atoms with Gasteiger partial charge in [0.15, 0.2) is 0 Å². The van der Waals surface area contributed by atoms with Crippen LogP contribution in [0.25, 0.3) is 0 Å². The van der Waals surface area contributed by atoms with Crippen molar-refractivity contribution in [2.75, 3.05) is 0 Å². The Hall–Kier alpha value is -1.96. The van der Waals surface area contributed by atoms with Crippen LogP contribution in [0, 0.1) is 23.7 Å². The van der Waals surface area contributed by atoms with Crippen LogP contribution in [0.2, 0.25) is 0 Å². The number of allylic oxidation sites excluding steroid dienone is 5. The molecule has 0 saturated heterocycles. The monoisotopic (exact) mass is 240 g/mol. The smallest absolute Gasteiger partial charge is 0.134 e. The van der Waals surface area contributed by atoms with E-state index in [1.165, 1.54) is 6.08 Å². The highest BCUT2D eigenvalue weighted by atomic mass is 16.3. The molecule has 1 N–H and O–H groups in total. The maximum absolute atomic E-state index is 9.03. The average molecular weight is 240 g/mol. The third-order valence-corrected chi connectivity index (χ3v) is 1.98. The molecule has 1 atom stereocenters. The molecule has 1 heteroatoms. The summed E-state index contributed by atoms with van der Waals surface area (Å²) < 4.78 is 0. The summed E-state index contributed by atoms with van der Waals surface area (Å²) in [5.41, 5.74) is 0. The summed E-state index contributed by atoms with van der Waals surface area (Å²) in [7, 11) is 0. The van der Waals surface area contributed by atoms with Gasteiger partial charge in [-0.2, -0.15) is 0 Å². The predicted molar refractivity (Wildman–Crippen MR) is 78.7 cm³/mol. The average Bonchev–Trinajstić information content (AvgIpc) is 2.39. The summed E-state index contributed by atoms with van der Waals surface area (Å²) in [5.74, 6) is 10.6. The standard InChI is InChI=1S/C17H20O/c1-3-5-6-7-8-9-10-11-12-13-14-15-16-17(18)4-2/h3-4,8-11,17-18H,1-2,5-7,12H2. The van der Waals surface area contributed by atoms with Gasteiger partial charge < -0.3 is 5.11 Å². The highest BCUT2D eigenvalue weighted by Gasteiger charge is 1.83. The van der Waals surface area contributed by atoms with E-state index >= 15 is 0 Å². The molecule has 0 radical (unpaired) electrons. The van der Waals surface area contributed by atoms with Crippen LogP contribution < -0.4 is 0 Å². The fourth-order valence-corrected chi connectivity index (χ4v) is 1.02. The van der Waals surface area contributed by atoms with Gasteiger partial charge in [-0.15, -0.1) is 6.58 Å². The molecule has 0 rings (SSSR count). The molecule has 0 aromatic heterocycles. The number of unbranched alkanes of at least 4 members (excludes halogenated alkanes) is 2. The van der Waals surface area contributed by atoms with Crippen molar-refractivity contribution in [1.82, 2.24) is 0 Å². The zero-order chi connectivity index (χ0) is 13.5. The Kier molecular flexibility index (Phi) is 11.7. The molecule has 0 amide bonds. The summed E-state index contributed by atoms with van der Waals surface area (Å²) in [6.07, 6.45) is 14.6. The molecule has 1 unspecified atom stereocenters. The summed E-state index contributed by atoms with van der Waals surface area (Å²) >= 11 is 0. The minimum Gasteiger partial charge on any atom is -0.377 e. The summed E-state index contributed by atoms with van der Waals surface area (Å²) in [6, 6.07) is 0. The molecule has 0 spiro atoms. The number of rotatable bonds is 7. The van der Waals surface area contributed by atoms with Gasteiger partial charge >= 0.3 is 0 Å². The van der Waals surface area contributed by atoms with Crippen molar-refractivity contribution >= 4 is 0 Å². The second kappa shape index (κ2) is 13.1. The Labute approximate surface area is 111 Å². The highest BCUT2D eigenvalue weighted by molar-refractivity contribution is 5.29. The molecule has 18 heavy (non-hydrogen) atoms. The first kappa shape index (κ1) is 16.0. The number of hydrogen-bond acceptors (Lipinski definition) is 1. The van der Waals surface area contributed by atoms with E-state index < -0.39 is 6.10 Å². The third-order valence-electron chi connectivity index (χ3n) is 1.98. The lowest BCUT2D eigenvalue weighted by molar-refractivity contribution is 0.281. The second-order valence-corrected chi connectivity index (χ2v) is 3.53. The van der Waals surface area contributed by atoms with Gasteiger partial charge in [-0.1, -0.05) is 54.9 Å². The summed E-state index contributed by atoms with van der Waals surface area (Å²) in [5, 5.41) is 9.03. The van der Waals surface area contributed by atoms with Crippen molar-refractivity contribution in [3.8, 4) is 23.7 Å². The first-order valence-corrected chi connectivity index (χ1v) is 6.03. The van der Waals surface area contributed by atoms with Crippen LogP contribution in [0.5, 0.6) is 0 Å². The molecule has 0 aliphatic rings. The Morgan fingerprint density at radius 3 is 2.56 bits per heavy atom. The van der Waals surface area contributed by atoms with Crippen LogP contribution in [0.1, 0.15) is 25.7 Å². The van der Waals surface area contributed by atoms with Gasteiger partial charge in [0, 0.05) is 6.42 Å². The molecule has 0 aliphatic heterocycles. The van der Waals surface area contributed by atoms with Crippen LogP contribution >= 0.6 is 0 Å². The van der Waals surface area contributed by atoms with Gasteiger partial charge in [-0.3, -0.25) is 0 Å². The fraction of sp³-hybridized carbons (Fsp3) is 0.294. The van der Waals surface area contributed by atoms with E-state index in [4.69, 9.17) is 5.11 Å². The molecule has 0 aromatic carbocycles. The van der Waals surface area contributed by atoms with Gasteiger partial charge in [0.25, 0.3) is 0 Å². The van der Waals surface area contributed by atoms with E-state index in [9.17, 15) is 0 Å². The molecule has 0 aromatic rings. The Balaban J connectivity index is 3.70. The molecule has 0 aliphatic carbocycles. The minimum absolute atomic E-state index is 0.663. The number of aliphatic hydroxyl groups is 1. The van der Waals surface area contributed by atoms with Crippen LogP contribution in [0.3, 0.4) is 0 Å². The molecule has 0 heterocycles. The fourth-order valence-electron chi connectivity index (χ4n) is 1.02. The van der Waals surface area contributed by atoms with Crippen molar-refractivity contribution in [3.63, 3.8) is 0 Å². The van der Waals surface area contributed by atoms with Crippen molar-refractivity contribution in [2.24, 2.45) is 0 Å². The van der Waals surface area contributed by atoms with Gasteiger partial charge in [0.2, 0.25) is 0 Å². The van der Waals surface area contributed by atoms with E-state index in [1.54, 1.807) is 0 Å². The molecule has 1 nitrogen and oxygen atoms in total. The molecular formula is C17H20O. The normalized spacial score (nSPS) is 11.4. The Bertz CT molecular complexity index is 404. The van der Waals surface area contributed by atoms with Gasteiger partial charge in [0.1, 0.15) is 6.10 Å². The summed E-state index contributed by atoms with van der Waals surface area (Å²) in [6.45, 7) is 7.09. The van der Waals surface area contributed by atoms with Crippen molar-refractivity contribution in [2.45, 2.75) is 31.8 Å². The van der Waals surface area contributed by atoms with E-state index in [-0.39, 0.29) is 0 Å².